The zero-order valence-electron chi connectivity index (χ0n) is 12.8. The summed E-state index contributed by atoms with van der Waals surface area (Å²) in [4.78, 5) is 0. The largest absolute Gasteiger partial charge is 0.493 e. The Bertz CT molecular complexity index is 420. The number of hydrogen-bond donors (Lipinski definition) is 1. The molecular weight excluding hydrogens is 234 g/mol. The normalized spacial score (nSPS) is 16.6. The average Bonchev–Trinajstić information content (AvgIpc) is 2.36. The van der Waals surface area contributed by atoms with Crippen LogP contribution in [0.4, 0.5) is 0 Å². The summed E-state index contributed by atoms with van der Waals surface area (Å²) in [5.41, 5.74) is 2.97. The van der Waals surface area contributed by atoms with Gasteiger partial charge in [0.1, 0.15) is 5.75 Å². The minimum absolute atomic E-state index is 0.201. The van der Waals surface area contributed by atoms with Crippen LogP contribution in [0.5, 0.6) is 5.75 Å². The molecule has 1 aromatic carbocycles. The number of para-hydroxylation sites is 1. The van der Waals surface area contributed by atoms with Gasteiger partial charge in [-0.1, -0.05) is 25.1 Å². The van der Waals surface area contributed by atoms with Crippen LogP contribution in [0.2, 0.25) is 0 Å². The van der Waals surface area contributed by atoms with Crippen LogP contribution in [0, 0.1) is 0 Å². The maximum absolute atomic E-state index is 5.90. The number of nitrogens with one attached hydrogen (secondary N) is 1. The quantitative estimate of drug-likeness (QED) is 0.887. The molecule has 0 saturated carbocycles. The van der Waals surface area contributed by atoms with Gasteiger partial charge in [0.05, 0.1) is 6.61 Å². The van der Waals surface area contributed by atoms with Crippen molar-refractivity contribution < 1.29 is 4.74 Å². The van der Waals surface area contributed by atoms with Gasteiger partial charge in [-0.05, 0) is 63.6 Å². The first-order valence-electron chi connectivity index (χ1n) is 7.47. The van der Waals surface area contributed by atoms with Gasteiger partial charge >= 0.3 is 0 Å². The van der Waals surface area contributed by atoms with Gasteiger partial charge < -0.3 is 10.1 Å². The summed E-state index contributed by atoms with van der Waals surface area (Å²) in [5, 5.41) is 3.56. The second-order valence-electron chi connectivity index (χ2n) is 6.65. The van der Waals surface area contributed by atoms with E-state index in [1.165, 1.54) is 11.1 Å². The lowest BCUT2D eigenvalue weighted by molar-refractivity contribution is 0.283. The van der Waals surface area contributed by atoms with Crippen LogP contribution in [-0.4, -0.2) is 18.7 Å². The lowest BCUT2D eigenvalue weighted by atomic mass is 9.92. The van der Waals surface area contributed by atoms with Crippen LogP contribution in [0.15, 0.2) is 18.2 Å². The molecule has 1 aliphatic rings. The standard InChI is InChI=1S/C17H27NO/c1-13(10-11-18-17(2,3)4)15-9-5-7-14-8-6-12-19-16(14)15/h5,7,9,13,18H,6,8,10-12H2,1-4H3. The highest BCUT2D eigenvalue weighted by Crippen LogP contribution is 2.34. The molecule has 1 aromatic rings. The lowest BCUT2D eigenvalue weighted by Crippen LogP contribution is -2.36. The molecule has 0 fully saturated rings. The average molecular weight is 261 g/mol. The molecule has 0 amide bonds. The SMILES string of the molecule is CC(CCNC(C)(C)C)c1cccc2c1OCCC2. The highest BCUT2D eigenvalue weighted by Gasteiger charge is 2.18. The Morgan fingerprint density at radius 2 is 2.11 bits per heavy atom. The van der Waals surface area contributed by atoms with E-state index in [4.69, 9.17) is 4.74 Å². The van der Waals surface area contributed by atoms with Gasteiger partial charge in [0.25, 0.3) is 0 Å². The second kappa shape index (κ2) is 5.96. The molecule has 1 unspecified atom stereocenters. The van der Waals surface area contributed by atoms with E-state index in [2.05, 4.69) is 51.2 Å². The van der Waals surface area contributed by atoms with Crippen molar-refractivity contribution in [2.75, 3.05) is 13.2 Å². The molecule has 0 aromatic heterocycles. The molecular formula is C17H27NO. The van der Waals surface area contributed by atoms with Crippen molar-refractivity contribution in [2.45, 2.75) is 58.4 Å². The van der Waals surface area contributed by atoms with Crippen molar-refractivity contribution in [1.29, 1.82) is 0 Å². The van der Waals surface area contributed by atoms with Crippen molar-refractivity contribution in [1.82, 2.24) is 5.32 Å². The molecule has 2 heteroatoms. The third-order valence-electron chi connectivity index (χ3n) is 3.73. The molecule has 1 aliphatic heterocycles. The number of fused-ring (bicyclic) bond motifs is 1. The van der Waals surface area contributed by atoms with Gasteiger partial charge in [0.2, 0.25) is 0 Å². The molecule has 1 N–H and O–H groups in total. The molecule has 0 spiro atoms. The molecule has 0 radical (unpaired) electrons. The van der Waals surface area contributed by atoms with Gasteiger partial charge in [-0.15, -0.1) is 0 Å². The van der Waals surface area contributed by atoms with E-state index in [0.717, 1.165) is 38.2 Å². The van der Waals surface area contributed by atoms with E-state index in [-0.39, 0.29) is 5.54 Å². The van der Waals surface area contributed by atoms with Crippen molar-refractivity contribution in [3.8, 4) is 5.75 Å². The number of hydrogen-bond acceptors (Lipinski definition) is 2. The summed E-state index contributed by atoms with van der Waals surface area (Å²) in [5.74, 6) is 1.71. The summed E-state index contributed by atoms with van der Waals surface area (Å²) in [7, 11) is 0. The van der Waals surface area contributed by atoms with Crippen LogP contribution in [0.3, 0.4) is 0 Å². The molecule has 2 rings (SSSR count). The fourth-order valence-corrected chi connectivity index (χ4v) is 2.62. The fourth-order valence-electron chi connectivity index (χ4n) is 2.62. The minimum atomic E-state index is 0.201. The van der Waals surface area contributed by atoms with Gasteiger partial charge in [0, 0.05) is 5.54 Å². The number of aryl methyl sites for hydroxylation is 1. The molecule has 1 heterocycles. The van der Waals surface area contributed by atoms with E-state index < -0.39 is 0 Å². The fraction of sp³-hybridized carbons (Fsp3) is 0.647. The van der Waals surface area contributed by atoms with Gasteiger partial charge in [-0.3, -0.25) is 0 Å². The number of rotatable bonds is 4. The van der Waals surface area contributed by atoms with Crippen molar-refractivity contribution in [3.63, 3.8) is 0 Å². The Morgan fingerprint density at radius 3 is 2.84 bits per heavy atom. The Labute approximate surface area is 117 Å². The summed E-state index contributed by atoms with van der Waals surface area (Å²) in [6, 6.07) is 6.61. The summed E-state index contributed by atoms with van der Waals surface area (Å²) in [6.45, 7) is 10.9. The summed E-state index contributed by atoms with van der Waals surface area (Å²) < 4.78 is 5.90. The van der Waals surface area contributed by atoms with E-state index in [9.17, 15) is 0 Å². The molecule has 0 saturated heterocycles. The minimum Gasteiger partial charge on any atom is -0.493 e. The predicted octanol–water partition coefficient (Wildman–Crippen LogP) is 3.89. The highest BCUT2D eigenvalue weighted by atomic mass is 16.5. The lowest BCUT2D eigenvalue weighted by Gasteiger charge is -2.25. The highest BCUT2D eigenvalue weighted by molar-refractivity contribution is 5.44. The first-order valence-corrected chi connectivity index (χ1v) is 7.47. The predicted molar refractivity (Wildman–Crippen MR) is 81.0 cm³/mol. The zero-order valence-corrected chi connectivity index (χ0v) is 12.8. The van der Waals surface area contributed by atoms with E-state index in [0.29, 0.717) is 5.92 Å². The molecule has 1 atom stereocenters. The molecule has 2 nitrogen and oxygen atoms in total. The first kappa shape index (κ1) is 14.4. The first-order chi connectivity index (χ1) is 8.97. The topological polar surface area (TPSA) is 21.3 Å². The van der Waals surface area contributed by atoms with E-state index in [1.807, 2.05) is 0 Å². The van der Waals surface area contributed by atoms with Crippen LogP contribution in [-0.2, 0) is 6.42 Å². The van der Waals surface area contributed by atoms with Crippen molar-refractivity contribution in [3.05, 3.63) is 29.3 Å². The molecule has 0 aliphatic carbocycles. The van der Waals surface area contributed by atoms with Crippen LogP contribution in [0.25, 0.3) is 0 Å². The molecule has 19 heavy (non-hydrogen) atoms. The van der Waals surface area contributed by atoms with E-state index >= 15 is 0 Å². The van der Waals surface area contributed by atoms with Gasteiger partial charge in [-0.2, -0.15) is 0 Å². The Balaban J connectivity index is 2.01. The van der Waals surface area contributed by atoms with Crippen LogP contribution < -0.4 is 10.1 Å². The van der Waals surface area contributed by atoms with Gasteiger partial charge in [0.15, 0.2) is 0 Å². The third-order valence-corrected chi connectivity index (χ3v) is 3.73. The van der Waals surface area contributed by atoms with Crippen molar-refractivity contribution >= 4 is 0 Å². The Morgan fingerprint density at radius 1 is 1.32 bits per heavy atom. The number of ether oxygens (including phenoxy) is 1. The van der Waals surface area contributed by atoms with Crippen molar-refractivity contribution in [2.24, 2.45) is 0 Å². The maximum atomic E-state index is 5.90. The Hall–Kier alpha value is -1.02. The van der Waals surface area contributed by atoms with E-state index in [1.54, 1.807) is 0 Å². The summed E-state index contributed by atoms with van der Waals surface area (Å²) >= 11 is 0. The summed E-state index contributed by atoms with van der Waals surface area (Å²) in [6.07, 6.45) is 3.46. The van der Waals surface area contributed by atoms with Crippen LogP contribution >= 0.6 is 0 Å². The molecule has 106 valence electrons. The smallest absolute Gasteiger partial charge is 0.125 e. The monoisotopic (exact) mass is 261 g/mol. The molecule has 0 bridgehead atoms. The Kier molecular flexibility index (Phi) is 4.51. The maximum Gasteiger partial charge on any atom is 0.125 e. The van der Waals surface area contributed by atoms with Crippen LogP contribution in [0.1, 0.15) is 57.6 Å². The second-order valence-corrected chi connectivity index (χ2v) is 6.65. The zero-order chi connectivity index (χ0) is 13.9. The number of benzene rings is 1. The third kappa shape index (κ3) is 3.97. The van der Waals surface area contributed by atoms with Gasteiger partial charge in [-0.25, -0.2) is 0 Å².